The lowest BCUT2D eigenvalue weighted by atomic mass is 10.0. The summed E-state index contributed by atoms with van der Waals surface area (Å²) in [5.74, 6) is -1.14. The van der Waals surface area contributed by atoms with Crippen molar-refractivity contribution in [1.29, 1.82) is 0 Å². The maximum absolute atomic E-state index is 14.4. The van der Waals surface area contributed by atoms with Crippen molar-refractivity contribution in [1.82, 2.24) is 10.2 Å². The van der Waals surface area contributed by atoms with Crippen LogP contribution in [0.1, 0.15) is 11.1 Å². The smallest absolute Gasteiger partial charge is 0.264 e. The molecule has 0 spiro atoms. The van der Waals surface area contributed by atoms with E-state index in [1.54, 1.807) is 12.1 Å². The third kappa shape index (κ3) is 7.55. The molecule has 1 aliphatic rings. The highest BCUT2D eigenvalue weighted by molar-refractivity contribution is 7.92. The number of nitrogens with one attached hydrogen (secondary N) is 1. The molecule has 4 aromatic rings. The Morgan fingerprint density at radius 1 is 0.913 bits per heavy atom. The SMILES string of the molecule is CNC(=O)[C@@H](Cc1ccccc1)N(Cc1ccc(Cl)cc1Cl)C(=O)CN(c1ccc(F)cc1)S(=O)(=O)c1ccc2c(c1)OCCO2. The Kier molecular flexibility index (Phi) is 10.4. The molecule has 5 rings (SSSR count). The first kappa shape index (κ1) is 33.1. The first-order chi connectivity index (χ1) is 22.1. The van der Waals surface area contributed by atoms with Gasteiger partial charge in [0.25, 0.3) is 10.0 Å². The van der Waals surface area contributed by atoms with Gasteiger partial charge in [-0.3, -0.25) is 13.9 Å². The summed E-state index contributed by atoms with van der Waals surface area (Å²) >= 11 is 12.6. The average molecular weight is 687 g/mol. The van der Waals surface area contributed by atoms with E-state index in [2.05, 4.69) is 5.32 Å². The predicted octanol–water partition coefficient (Wildman–Crippen LogP) is 5.49. The Morgan fingerprint density at radius 2 is 1.61 bits per heavy atom. The van der Waals surface area contributed by atoms with Gasteiger partial charge in [0, 0.05) is 36.1 Å². The topological polar surface area (TPSA) is 105 Å². The van der Waals surface area contributed by atoms with Crippen LogP contribution >= 0.6 is 23.2 Å². The molecule has 1 N–H and O–H groups in total. The summed E-state index contributed by atoms with van der Waals surface area (Å²) < 4.78 is 54.4. The molecule has 9 nitrogen and oxygen atoms in total. The second kappa shape index (κ2) is 14.4. The Balaban J connectivity index is 1.57. The van der Waals surface area contributed by atoms with Gasteiger partial charge in [-0.25, -0.2) is 12.8 Å². The Bertz CT molecular complexity index is 1830. The van der Waals surface area contributed by atoms with Gasteiger partial charge < -0.3 is 19.7 Å². The lowest BCUT2D eigenvalue weighted by molar-refractivity contribution is -0.139. The van der Waals surface area contributed by atoms with Gasteiger partial charge in [0.05, 0.1) is 10.6 Å². The van der Waals surface area contributed by atoms with E-state index in [-0.39, 0.29) is 40.9 Å². The molecule has 13 heteroatoms. The molecule has 240 valence electrons. The number of benzene rings is 4. The minimum Gasteiger partial charge on any atom is -0.486 e. The molecule has 0 aromatic heterocycles. The van der Waals surface area contributed by atoms with Crippen LogP contribution in [-0.4, -0.2) is 58.0 Å². The average Bonchev–Trinajstić information content (AvgIpc) is 3.06. The number of fused-ring (bicyclic) bond motifs is 1. The number of hydrogen-bond acceptors (Lipinski definition) is 6. The van der Waals surface area contributed by atoms with Crippen LogP contribution in [-0.2, 0) is 32.6 Å². The van der Waals surface area contributed by atoms with Crippen LogP contribution in [0, 0.1) is 5.82 Å². The van der Waals surface area contributed by atoms with Gasteiger partial charge in [-0.1, -0.05) is 59.6 Å². The van der Waals surface area contributed by atoms with E-state index in [9.17, 15) is 22.4 Å². The van der Waals surface area contributed by atoms with Crippen LogP contribution in [0.25, 0.3) is 0 Å². The standard InChI is InChI=1S/C33H30Cl2FN3O6S/c1-37-33(41)29(17-22-5-3-2-4-6-22)38(20-23-7-8-24(34)18-28(23)35)32(40)21-39(26-11-9-25(36)10-12-26)46(42,43)27-13-14-30-31(19-27)45-16-15-44-30/h2-14,18-19,29H,15-17,20-21H2,1H3,(H,37,41)/t29-/m1/s1. The quantitative estimate of drug-likeness (QED) is 0.224. The highest BCUT2D eigenvalue weighted by atomic mass is 35.5. The number of carbonyl (C=O) groups is 2. The van der Waals surface area contributed by atoms with Gasteiger partial charge in [0.1, 0.15) is 31.6 Å². The van der Waals surface area contributed by atoms with Crippen LogP contribution < -0.4 is 19.1 Å². The summed E-state index contributed by atoms with van der Waals surface area (Å²) in [4.78, 5) is 28.9. The molecular formula is C33H30Cl2FN3O6S. The van der Waals surface area contributed by atoms with Gasteiger partial charge in [-0.2, -0.15) is 0 Å². The zero-order chi connectivity index (χ0) is 32.8. The van der Waals surface area contributed by atoms with Crippen molar-refractivity contribution in [2.24, 2.45) is 0 Å². The lowest BCUT2D eigenvalue weighted by Gasteiger charge is -2.34. The Labute approximate surface area is 276 Å². The largest absolute Gasteiger partial charge is 0.486 e. The van der Waals surface area contributed by atoms with E-state index < -0.39 is 40.2 Å². The number of amides is 2. The molecule has 2 amide bonds. The van der Waals surface area contributed by atoms with Crippen molar-refractivity contribution in [2.75, 3.05) is 31.1 Å². The molecule has 0 radical (unpaired) electrons. The molecule has 1 atom stereocenters. The molecule has 0 saturated heterocycles. The minimum atomic E-state index is -4.44. The van der Waals surface area contributed by atoms with Crippen molar-refractivity contribution in [3.8, 4) is 11.5 Å². The van der Waals surface area contributed by atoms with Crippen LogP contribution in [0.3, 0.4) is 0 Å². The molecule has 0 aliphatic carbocycles. The van der Waals surface area contributed by atoms with Gasteiger partial charge in [0.2, 0.25) is 11.8 Å². The van der Waals surface area contributed by atoms with E-state index in [1.807, 2.05) is 30.3 Å². The summed E-state index contributed by atoms with van der Waals surface area (Å²) in [6, 6.07) is 21.7. The highest BCUT2D eigenvalue weighted by Gasteiger charge is 2.35. The third-order valence-corrected chi connectivity index (χ3v) is 9.73. The normalized spacial score (nSPS) is 13.0. The number of ether oxygens (including phenoxy) is 2. The number of carbonyl (C=O) groups excluding carboxylic acids is 2. The molecule has 0 bridgehead atoms. The number of anilines is 1. The van der Waals surface area contributed by atoms with Crippen LogP contribution in [0.5, 0.6) is 11.5 Å². The van der Waals surface area contributed by atoms with E-state index in [4.69, 9.17) is 32.7 Å². The lowest BCUT2D eigenvalue weighted by Crippen LogP contribution is -2.53. The zero-order valence-electron chi connectivity index (χ0n) is 24.7. The first-order valence-electron chi connectivity index (χ1n) is 14.2. The molecule has 0 fully saturated rings. The van der Waals surface area contributed by atoms with E-state index in [0.717, 1.165) is 22.0 Å². The predicted molar refractivity (Wildman–Crippen MR) is 173 cm³/mol. The molecule has 46 heavy (non-hydrogen) atoms. The Morgan fingerprint density at radius 3 is 2.28 bits per heavy atom. The van der Waals surface area contributed by atoms with Gasteiger partial charge in [-0.05, 0) is 59.7 Å². The molecule has 0 unspecified atom stereocenters. The van der Waals surface area contributed by atoms with Crippen molar-refractivity contribution in [3.63, 3.8) is 0 Å². The highest BCUT2D eigenvalue weighted by Crippen LogP contribution is 2.34. The summed E-state index contributed by atoms with van der Waals surface area (Å²) in [5, 5.41) is 3.27. The maximum atomic E-state index is 14.4. The number of sulfonamides is 1. The fraction of sp³-hybridized carbons (Fsp3) is 0.212. The molecular weight excluding hydrogens is 656 g/mol. The second-order valence-corrected chi connectivity index (χ2v) is 13.1. The maximum Gasteiger partial charge on any atom is 0.264 e. The number of likely N-dealkylation sites (N-methyl/N-ethyl adjacent to an activating group) is 1. The fourth-order valence-corrected chi connectivity index (χ4v) is 6.90. The Hall–Kier alpha value is -4.32. The van der Waals surface area contributed by atoms with Crippen LogP contribution in [0.15, 0.2) is 95.9 Å². The molecule has 0 saturated carbocycles. The van der Waals surface area contributed by atoms with Gasteiger partial charge in [-0.15, -0.1) is 0 Å². The summed E-state index contributed by atoms with van der Waals surface area (Å²) in [6.07, 6.45) is 0.128. The third-order valence-electron chi connectivity index (χ3n) is 7.37. The van der Waals surface area contributed by atoms with Gasteiger partial charge >= 0.3 is 0 Å². The van der Waals surface area contributed by atoms with Crippen molar-refractivity contribution in [2.45, 2.75) is 23.9 Å². The van der Waals surface area contributed by atoms with E-state index in [1.165, 1.54) is 48.3 Å². The monoisotopic (exact) mass is 685 g/mol. The minimum absolute atomic E-state index is 0.0358. The van der Waals surface area contributed by atoms with E-state index >= 15 is 0 Å². The van der Waals surface area contributed by atoms with Crippen molar-refractivity contribution < 1.29 is 31.9 Å². The van der Waals surface area contributed by atoms with Gasteiger partial charge in [0.15, 0.2) is 11.5 Å². The van der Waals surface area contributed by atoms with E-state index in [0.29, 0.717) is 22.9 Å². The summed E-state index contributed by atoms with van der Waals surface area (Å²) in [5.41, 5.74) is 1.30. The number of nitrogens with zero attached hydrogens (tertiary/aromatic N) is 2. The fourth-order valence-electron chi connectivity index (χ4n) is 5.00. The second-order valence-electron chi connectivity index (χ2n) is 10.4. The summed E-state index contributed by atoms with van der Waals surface area (Å²) in [7, 11) is -2.99. The number of halogens is 3. The van der Waals surface area contributed by atoms with Crippen molar-refractivity contribution in [3.05, 3.63) is 118 Å². The number of rotatable bonds is 11. The summed E-state index contributed by atoms with van der Waals surface area (Å²) in [6.45, 7) is -0.309. The van der Waals surface area contributed by atoms with Crippen LogP contribution in [0.4, 0.5) is 10.1 Å². The first-order valence-corrected chi connectivity index (χ1v) is 16.4. The zero-order valence-corrected chi connectivity index (χ0v) is 27.0. The number of hydrogen-bond donors (Lipinski definition) is 1. The molecule has 1 heterocycles. The molecule has 4 aromatic carbocycles. The van der Waals surface area contributed by atoms with Crippen LogP contribution in [0.2, 0.25) is 10.0 Å². The molecule has 1 aliphatic heterocycles. The van der Waals surface area contributed by atoms with Crippen molar-refractivity contribution >= 4 is 50.7 Å².